The number of nitrogens with zero attached hydrogens (tertiary/aromatic N) is 1. The summed E-state index contributed by atoms with van der Waals surface area (Å²) in [6.07, 6.45) is 0. The van der Waals surface area contributed by atoms with E-state index in [0.717, 1.165) is 32.3 Å². The molecule has 4 aromatic rings. The van der Waals surface area contributed by atoms with E-state index >= 15 is 0 Å². The van der Waals surface area contributed by atoms with Gasteiger partial charge in [-0.3, -0.25) is 4.79 Å². The molecule has 0 atom stereocenters. The lowest BCUT2D eigenvalue weighted by Crippen LogP contribution is -2.21. The summed E-state index contributed by atoms with van der Waals surface area (Å²) < 4.78 is 10.7. The maximum absolute atomic E-state index is 12.1. The molecule has 2 aromatic carbocycles. The van der Waals surface area contributed by atoms with Crippen LogP contribution in [0, 0.1) is 0 Å². The molecule has 0 aliphatic rings. The van der Waals surface area contributed by atoms with E-state index in [2.05, 4.69) is 5.32 Å². The van der Waals surface area contributed by atoms with E-state index in [0.29, 0.717) is 18.0 Å². The fraction of sp³-hybridized carbons (Fsp3) is 0.130. The van der Waals surface area contributed by atoms with E-state index in [1.54, 1.807) is 25.6 Å². The highest BCUT2D eigenvalue weighted by Crippen LogP contribution is 2.34. The highest BCUT2D eigenvalue weighted by Gasteiger charge is 2.11. The molecular formula is C23H20N2O3S2. The number of amides is 1. The number of carbonyl (C=O) groups excluding carboxylic acids is 1. The Morgan fingerprint density at radius 2 is 1.73 bits per heavy atom. The topological polar surface area (TPSA) is 60.5 Å². The first-order valence-electron chi connectivity index (χ1n) is 9.27. The number of thiazole rings is 1. The van der Waals surface area contributed by atoms with Gasteiger partial charge >= 0.3 is 0 Å². The molecule has 0 aliphatic heterocycles. The number of rotatable bonds is 7. The molecule has 152 valence electrons. The lowest BCUT2D eigenvalue weighted by molar-refractivity contribution is 0.0955. The van der Waals surface area contributed by atoms with Crippen molar-refractivity contribution < 1.29 is 14.3 Å². The van der Waals surface area contributed by atoms with Crippen molar-refractivity contribution in [2.45, 2.75) is 6.54 Å². The van der Waals surface area contributed by atoms with Crippen LogP contribution in [0.4, 0.5) is 0 Å². The number of benzene rings is 2. The number of nitrogens with one attached hydrogen (secondary N) is 1. The van der Waals surface area contributed by atoms with Gasteiger partial charge in [0.1, 0.15) is 5.01 Å². The average molecular weight is 437 g/mol. The molecule has 5 nitrogen and oxygen atoms in total. The van der Waals surface area contributed by atoms with Crippen LogP contribution in [0.5, 0.6) is 11.5 Å². The Kier molecular flexibility index (Phi) is 6.11. The van der Waals surface area contributed by atoms with Gasteiger partial charge in [-0.15, -0.1) is 22.7 Å². The van der Waals surface area contributed by atoms with E-state index in [1.165, 1.54) is 11.3 Å². The summed E-state index contributed by atoms with van der Waals surface area (Å²) in [6, 6.07) is 17.6. The van der Waals surface area contributed by atoms with Crippen molar-refractivity contribution in [3.05, 3.63) is 75.8 Å². The van der Waals surface area contributed by atoms with Crippen LogP contribution in [-0.4, -0.2) is 25.1 Å². The number of hydrogen-bond acceptors (Lipinski definition) is 6. The van der Waals surface area contributed by atoms with Crippen LogP contribution in [0.1, 0.15) is 15.2 Å². The standard InChI is InChI=1S/C23H20N2O3S2/c1-27-19-10-9-17(12-20(19)28-2)18-14-30-23(25-18)16-7-5-15(6-8-16)13-24-22(26)21-4-3-11-29-21/h3-12,14H,13H2,1-2H3,(H,24,26). The second kappa shape index (κ2) is 9.11. The van der Waals surface area contributed by atoms with E-state index in [1.807, 2.05) is 65.4 Å². The summed E-state index contributed by atoms with van der Waals surface area (Å²) in [4.78, 5) is 17.6. The zero-order valence-electron chi connectivity index (χ0n) is 16.5. The van der Waals surface area contributed by atoms with Crippen LogP contribution in [-0.2, 0) is 6.54 Å². The van der Waals surface area contributed by atoms with Gasteiger partial charge < -0.3 is 14.8 Å². The fourth-order valence-corrected chi connectivity index (χ4v) is 4.45. The Morgan fingerprint density at radius 1 is 0.967 bits per heavy atom. The zero-order chi connectivity index (χ0) is 20.9. The predicted octanol–water partition coefficient (Wildman–Crippen LogP) is 5.49. The molecule has 0 aliphatic carbocycles. The molecule has 30 heavy (non-hydrogen) atoms. The first-order chi connectivity index (χ1) is 14.7. The van der Waals surface area contributed by atoms with Crippen molar-refractivity contribution in [3.8, 4) is 33.3 Å². The third-order valence-corrected chi connectivity index (χ3v) is 6.34. The van der Waals surface area contributed by atoms with E-state index in [-0.39, 0.29) is 5.91 Å². The number of carbonyl (C=O) groups is 1. The molecule has 0 fully saturated rings. The van der Waals surface area contributed by atoms with Crippen LogP contribution in [0.15, 0.2) is 65.4 Å². The highest BCUT2D eigenvalue weighted by atomic mass is 32.1. The molecule has 2 heterocycles. The minimum atomic E-state index is -0.0476. The molecule has 0 unspecified atom stereocenters. The summed E-state index contributed by atoms with van der Waals surface area (Å²) in [6.45, 7) is 0.492. The summed E-state index contributed by atoms with van der Waals surface area (Å²) >= 11 is 3.03. The van der Waals surface area contributed by atoms with Crippen molar-refractivity contribution in [2.75, 3.05) is 14.2 Å². The Hall–Kier alpha value is -3.16. The van der Waals surface area contributed by atoms with Crippen LogP contribution < -0.4 is 14.8 Å². The molecule has 0 saturated heterocycles. The zero-order valence-corrected chi connectivity index (χ0v) is 18.2. The van der Waals surface area contributed by atoms with Gasteiger partial charge in [-0.1, -0.05) is 30.3 Å². The fourth-order valence-electron chi connectivity index (χ4n) is 2.98. The van der Waals surface area contributed by atoms with Crippen molar-refractivity contribution in [3.63, 3.8) is 0 Å². The predicted molar refractivity (Wildman–Crippen MR) is 122 cm³/mol. The molecular weight excluding hydrogens is 416 g/mol. The largest absolute Gasteiger partial charge is 0.493 e. The normalized spacial score (nSPS) is 10.6. The lowest BCUT2D eigenvalue weighted by atomic mass is 10.1. The number of ether oxygens (including phenoxy) is 2. The van der Waals surface area contributed by atoms with Gasteiger partial charge in [0, 0.05) is 23.1 Å². The maximum Gasteiger partial charge on any atom is 0.261 e. The Labute approximate surface area is 183 Å². The summed E-state index contributed by atoms with van der Waals surface area (Å²) in [5, 5.41) is 7.81. The molecule has 0 spiro atoms. The number of hydrogen-bond donors (Lipinski definition) is 1. The Morgan fingerprint density at radius 3 is 2.43 bits per heavy atom. The minimum absolute atomic E-state index is 0.0476. The average Bonchev–Trinajstić information content (AvgIpc) is 3.50. The number of thiophene rings is 1. The highest BCUT2D eigenvalue weighted by molar-refractivity contribution is 7.13. The van der Waals surface area contributed by atoms with Gasteiger partial charge in [-0.25, -0.2) is 4.98 Å². The van der Waals surface area contributed by atoms with Crippen LogP contribution >= 0.6 is 22.7 Å². The molecule has 4 rings (SSSR count). The van der Waals surface area contributed by atoms with Crippen LogP contribution in [0.2, 0.25) is 0 Å². The molecule has 7 heteroatoms. The smallest absolute Gasteiger partial charge is 0.261 e. The molecule has 2 aromatic heterocycles. The Balaban J connectivity index is 1.45. The quantitative estimate of drug-likeness (QED) is 0.416. The number of methoxy groups -OCH3 is 2. The SMILES string of the molecule is COc1ccc(-c2csc(-c3ccc(CNC(=O)c4cccs4)cc3)n2)cc1OC. The van der Waals surface area contributed by atoms with Crippen molar-refractivity contribution in [1.29, 1.82) is 0 Å². The summed E-state index contributed by atoms with van der Waals surface area (Å²) in [5.74, 6) is 1.32. The molecule has 1 N–H and O–H groups in total. The monoisotopic (exact) mass is 436 g/mol. The first-order valence-corrected chi connectivity index (χ1v) is 11.0. The molecule has 1 amide bonds. The van der Waals surface area contributed by atoms with Crippen molar-refractivity contribution >= 4 is 28.6 Å². The summed E-state index contributed by atoms with van der Waals surface area (Å²) in [5.41, 5.74) is 3.95. The molecule has 0 saturated carbocycles. The second-order valence-electron chi connectivity index (χ2n) is 6.46. The van der Waals surface area contributed by atoms with E-state index < -0.39 is 0 Å². The van der Waals surface area contributed by atoms with Gasteiger partial charge in [-0.05, 0) is 35.2 Å². The van der Waals surface area contributed by atoms with E-state index in [9.17, 15) is 4.79 Å². The van der Waals surface area contributed by atoms with E-state index in [4.69, 9.17) is 14.5 Å². The lowest BCUT2D eigenvalue weighted by Gasteiger charge is -2.08. The third kappa shape index (κ3) is 4.37. The first kappa shape index (κ1) is 20.1. The second-order valence-corrected chi connectivity index (χ2v) is 8.27. The van der Waals surface area contributed by atoms with Gasteiger partial charge in [-0.2, -0.15) is 0 Å². The third-order valence-electron chi connectivity index (χ3n) is 4.58. The maximum atomic E-state index is 12.1. The van der Waals surface area contributed by atoms with Gasteiger partial charge in [0.15, 0.2) is 11.5 Å². The van der Waals surface area contributed by atoms with Crippen LogP contribution in [0.3, 0.4) is 0 Å². The summed E-state index contributed by atoms with van der Waals surface area (Å²) in [7, 11) is 3.24. The Bertz CT molecular complexity index is 1140. The molecule has 0 radical (unpaired) electrons. The van der Waals surface area contributed by atoms with Crippen LogP contribution in [0.25, 0.3) is 21.8 Å². The van der Waals surface area contributed by atoms with Crippen molar-refractivity contribution in [1.82, 2.24) is 10.3 Å². The van der Waals surface area contributed by atoms with Gasteiger partial charge in [0.25, 0.3) is 5.91 Å². The van der Waals surface area contributed by atoms with Gasteiger partial charge in [0.2, 0.25) is 0 Å². The van der Waals surface area contributed by atoms with Crippen molar-refractivity contribution in [2.24, 2.45) is 0 Å². The minimum Gasteiger partial charge on any atom is -0.493 e. The number of aromatic nitrogens is 1. The molecule has 0 bridgehead atoms. The van der Waals surface area contributed by atoms with Gasteiger partial charge in [0.05, 0.1) is 24.8 Å².